The van der Waals surface area contributed by atoms with Crippen LogP contribution in [-0.4, -0.2) is 110 Å². The first-order valence-corrected chi connectivity index (χ1v) is 21.0. The number of hydrogen-bond acceptors (Lipinski definition) is 9. The van der Waals surface area contributed by atoms with Gasteiger partial charge in [0.15, 0.2) is 0 Å². The molecular formula is C37H44Cl3N5O9S2. The fourth-order valence-electron chi connectivity index (χ4n) is 6.38. The Morgan fingerprint density at radius 1 is 0.768 bits per heavy atom. The first kappa shape index (κ1) is 45.0. The Labute approximate surface area is 342 Å². The summed E-state index contributed by atoms with van der Waals surface area (Å²) in [7, 11) is -7.51. The lowest BCUT2D eigenvalue weighted by Crippen LogP contribution is -2.57. The van der Waals surface area contributed by atoms with Crippen LogP contribution in [0.1, 0.15) is 33.6 Å². The standard InChI is InChI=1S/C21H25ClN2O6S.C16H18ClN3O3S.ClH/c1-21(2,3)30-20(27)24-9-8-23(13-17(24)12-19(25)26)31(28,29)18-7-5-14-10-16(22)6-4-15(14)11-18;17-13-3-1-12-8-15(4-2-11(12)7-13)24(22,23)20-6-5-19-14(10-20)9-16(18)21;/h4-7,10-11,17H,8-9,12-13H2,1-3H3,(H,25,26);1-4,7-8,14,19H,5-6,9-10H2,(H2,18,21);1H. The van der Waals surface area contributed by atoms with Crippen LogP contribution in [0.25, 0.3) is 21.5 Å². The first-order valence-electron chi connectivity index (χ1n) is 17.3. The highest BCUT2D eigenvalue weighted by Crippen LogP contribution is 2.28. The fourth-order valence-corrected chi connectivity index (χ4v) is 9.77. The topological polar surface area (TPSA) is 197 Å². The summed E-state index contributed by atoms with van der Waals surface area (Å²) >= 11 is 11.9. The molecule has 4 aromatic rings. The van der Waals surface area contributed by atoms with Crippen molar-refractivity contribution < 1.29 is 41.1 Å². The number of fused-ring (bicyclic) bond motifs is 2. The molecule has 4 aromatic carbocycles. The first-order chi connectivity index (χ1) is 25.7. The Hall–Kier alpha value is -3.74. The fraction of sp³-hybridized carbons (Fsp3) is 0.378. The molecule has 0 aromatic heterocycles. The minimum atomic E-state index is -3.89. The molecule has 304 valence electrons. The number of amides is 2. The number of sulfonamides is 2. The highest BCUT2D eigenvalue weighted by atomic mass is 35.5. The normalized spacial score (nSPS) is 18.4. The molecule has 0 saturated carbocycles. The number of primary amides is 1. The number of nitrogens with two attached hydrogens (primary N) is 1. The molecule has 2 aliphatic rings. The van der Waals surface area contributed by atoms with E-state index in [9.17, 15) is 36.3 Å². The van der Waals surface area contributed by atoms with Crippen LogP contribution in [0.2, 0.25) is 10.0 Å². The minimum Gasteiger partial charge on any atom is -0.481 e. The van der Waals surface area contributed by atoms with Gasteiger partial charge in [-0.25, -0.2) is 21.6 Å². The van der Waals surface area contributed by atoms with Gasteiger partial charge in [0, 0.05) is 61.8 Å². The lowest BCUT2D eigenvalue weighted by atomic mass is 10.1. The Bertz CT molecular complexity index is 2330. The van der Waals surface area contributed by atoms with Crippen LogP contribution >= 0.6 is 35.6 Å². The average Bonchev–Trinajstić information content (AvgIpc) is 3.10. The van der Waals surface area contributed by atoms with Gasteiger partial charge in [-0.2, -0.15) is 8.61 Å². The number of halogens is 3. The van der Waals surface area contributed by atoms with Crippen molar-refractivity contribution in [1.29, 1.82) is 0 Å². The number of nitrogens with one attached hydrogen (secondary N) is 1. The van der Waals surface area contributed by atoms with Gasteiger partial charge in [-0.3, -0.25) is 9.59 Å². The number of hydrogen-bond donors (Lipinski definition) is 3. The highest BCUT2D eigenvalue weighted by Gasteiger charge is 2.39. The number of ether oxygens (including phenoxy) is 1. The second-order valence-electron chi connectivity index (χ2n) is 14.3. The van der Waals surface area contributed by atoms with Gasteiger partial charge >= 0.3 is 12.1 Å². The van der Waals surface area contributed by atoms with Crippen molar-refractivity contribution in [2.75, 3.05) is 39.3 Å². The summed E-state index contributed by atoms with van der Waals surface area (Å²) in [5.41, 5.74) is 4.46. The van der Waals surface area contributed by atoms with Crippen LogP contribution in [0.15, 0.2) is 82.6 Å². The van der Waals surface area contributed by atoms with E-state index >= 15 is 0 Å². The zero-order chi connectivity index (χ0) is 40.3. The van der Waals surface area contributed by atoms with Crippen LogP contribution in [0.4, 0.5) is 4.79 Å². The largest absolute Gasteiger partial charge is 0.481 e. The Balaban J connectivity index is 0.000000252. The zero-order valence-corrected chi connectivity index (χ0v) is 34.8. The van der Waals surface area contributed by atoms with Gasteiger partial charge in [0.1, 0.15) is 5.60 Å². The van der Waals surface area contributed by atoms with Crippen molar-refractivity contribution in [3.63, 3.8) is 0 Å². The summed E-state index contributed by atoms with van der Waals surface area (Å²) in [5, 5.41) is 16.8. The molecule has 2 aliphatic heterocycles. The lowest BCUT2D eigenvalue weighted by Gasteiger charge is -2.40. The molecule has 2 unspecified atom stereocenters. The molecule has 56 heavy (non-hydrogen) atoms. The molecule has 0 radical (unpaired) electrons. The number of carbonyl (C=O) groups excluding carboxylic acids is 2. The van der Waals surface area contributed by atoms with E-state index in [-0.39, 0.29) is 67.3 Å². The van der Waals surface area contributed by atoms with Gasteiger partial charge in [0.05, 0.1) is 22.3 Å². The molecule has 6 rings (SSSR count). The summed E-state index contributed by atoms with van der Waals surface area (Å²) in [5.74, 6) is -1.57. The number of carboxylic acid groups (broad SMARTS) is 1. The smallest absolute Gasteiger partial charge is 0.410 e. The molecule has 2 heterocycles. The summed E-state index contributed by atoms with van der Waals surface area (Å²) < 4.78 is 60.3. The Morgan fingerprint density at radius 3 is 1.73 bits per heavy atom. The van der Waals surface area contributed by atoms with Crippen molar-refractivity contribution >= 4 is 95.2 Å². The average molecular weight is 873 g/mol. The van der Waals surface area contributed by atoms with E-state index in [0.717, 1.165) is 21.5 Å². The molecule has 2 amide bonds. The number of carboxylic acids is 1. The maximum Gasteiger partial charge on any atom is 0.410 e. The maximum absolute atomic E-state index is 13.3. The SMILES string of the molecule is CC(C)(C)OC(=O)N1CCN(S(=O)(=O)c2ccc3cc(Cl)ccc3c2)CC1CC(=O)O.Cl.NC(=O)CC1CN(S(=O)(=O)c2ccc3cc(Cl)ccc3c2)CCN1. The number of nitrogens with zero attached hydrogens (tertiary/aromatic N) is 3. The van der Waals surface area contributed by atoms with E-state index in [1.165, 1.54) is 19.6 Å². The highest BCUT2D eigenvalue weighted by molar-refractivity contribution is 7.89. The number of benzene rings is 4. The van der Waals surface area contributed by atoms with E-state index < -0.39 is 49.7 Å². The predicted octanol–water partition coefficient (Wildman–Crippen LogP) is 5.33. The molecule has 14 nitrogen and oxygen atoms in total. The monoisotopic (exact) mass is 871 g/mol. The predicted molar refractivity (Wildman–Crippen MR) is 217 cm³/mol. The maximum atomic E-state index is 13.3. The molecule has 19 heteroatoms. The quantitative estimate of drug-likeness (QED) is 0.208. The zero-order valence-electron chi connectivity index (χ0n) is 30.9. The van der Waals surface area contributed by atoms with Gasteiger partial charge in [0.2, 0.25) is 26.0 Å². The van der Waals surface area contributed by atoms with E-state index in [1.54, 1.807) is 87.5 Å². The van der Waals surface area contributed by atoms with E-state index in [4.69, 9.17) is 33.7 Å². The molecule has 0 aliphatic carbocycles. The van der Waals surface area contributed by atoms with Crippen molar-refractivity contribution in [2.24, 2.45) is 5.73 Å². The van der Waals surface area contributed by atoms with Gasteiger partial charge in [-0.05, 0) is 90.8 Å². The summed E-state index contributed by atoms with van der Waals surface area (Å²) in [6, 6.07) is 19.1. The number of carbonyl (C=O) groups is 3. The van der Waals surface area contributed by atoms with Crippen LogP contribution in [-0.2, 0) is 34.4 Å². The van der Waals surface area contributed by atoms with Crippen LogP contribution in [0.3, 0.4) is 0 Å². The van der Waals surface area contributed by atoms with Gasteiger partial charge in [-0.15, -0.1) is 12.4 Å². The number of piperazine rings is 2. The van der Waals surface area contributed by atoms with Crippen molar-refractivity contribution in [3.8, 4) is 0 Å². The number of aliphatic carboxylic acids is 1. The second kappa shape index (κ2) is 18.2. The van der Waals surface area contributed by atoms with Crippen LogP contribution in [0, 0.1) is 0 Å². The van der Waals surface area contributed by atoms with Gasteiger partial charge < -0.3 is 25.8 Å². The third-order valence-corrected chi connectivity index (χ3v) is 13.2. The Kier molecular flexibility index (Phi) is 14.6. The molecular weight excluding hydrogens is 829 g/mol. The minimum absolute atomic E-state index is 0. The van der Waals surface area contributed by atoms with Crippen molar-refractivity contribution in [2.45, 2.75) is 61.1 Å². The third-order valence-electron chi connectivity index (χ3n) is 8.97. The number of rotatable bonds is 8. The van der Waals surface area contributed by atoms with E-state index in [2.05, 4.69) is 5.32 Å². The van der Waals surface area contributed by atoms with Gasteiger partial charge in [-0.1, -0.05) is 47.5 Å². The van der Waals surface area contributed by atoms with Gasteiger partial charge in [0.25, 0.3) is 0 Å². The molecule has 2 fully saturated rings. The molecule has 0 bridgehead atoms. The second-order valence-corrected chi connectivity index (χ2v) is 19.0. The van der Waals surface area contributed by atoms with E-state index in [0.29, 0.717) is 23.1 Å². The molecule has 0 spiro atoms. The van der Waals surface area contributed by atoms with Crippen molar-refractivity contribution in [1.82, 2.24) is 18.8 Å². The molecule has 2 saturated heterocycles. The Morgan fingerprint density at radius 2 is 1.25 bits per heavy atom. The third kappa shape index (κ3) is 11.2. The summed E-state index contributed by atoms with van der Waals surface area (Å²) in [6.45, 7) is 6.15. The van der Waals surface area contributed by atoms with Crippen LogP contribution in [0.5, 0.6) is 0 Å². The summed E-state index contributed by atoms with van der Waals surface area (Å²) in [6.07, 6.45) is -0.928. The molecule has 4 N–H and O–H groups in total. The molecule has 2 atom stereocenters. The van der Waals surface area contributed by atoms with Crippen molar-refractivity contribution in [3.05, 3.63) is 82.8 Å². The van der Waals surface area contributed by atoms with Crippen LogP contribution < -0.4 is 11.1 Å². The van der Waals surface area contributed by atoms with E-state index in [1.807, 2.05) is 0 Å². The summed E-state index contributed by atoms with van der Waals surface area (Å²) in [4.78, 5) is 36.6. The lowest BCUT2D eigenvalue weighted by molar-refractivity contribution is -0.138.